The molecule has 0 atom stereocenters. The number of imide groups is 1. The second kappa shape index (κ2) is 4.20. The smallest absolute Gasteiger partial charge is 0.266 e. The van der Waals surface area contributed by atoms with E-state index in [1.165, 1.54) is 4.90 Å². The molecule has 100 valence electrons. The van der Waals surface area contributed by atoms with Crippen molar-refractivity contribution in [3.05, 3.63) is 58.7 Å². The number of carbonyl (C=O) groups is 2. The van der Waals surface area contributed by atoms with E-state index in [2.05, 4.69) is 0 Å². The van der Waals surface area contributed by atoms with Crippen LogP contribution in [0.4, 0.5) is 11.4 Å². The third kappa shape index (κ3) is 1.61. The highest BCUT2D eigenvalue weighted by atomic mass is 16.2. The van der Waals surface area contributed by atoms with E-state index in [0.29, 0.717) is 22.5 Å². The normalized spacial score (nSPS) is 13.8. The average Bonchev–Trinajstić information content (AvgIpc) is 2.66. The maximum absolute atomic E-state index is 12.6. The Kier molecular flexibility index (Phi) is 2.61. The Balaban J connectivity index is 2.19. The van der Waals surface area contributed by atoms with Crippen LogP contribution in [0.2, 0.25) is 0 Å². The summed E-state index contributed by atoms with van der Waals surface area (Å²) in [5, 5.41) is 0. The first-order chi connectivity index (χ1) is 9.50. The van der Waals surface area contributed by atoms with Crippen molar-refractivity contribution in [2.75, 3.05) is 10.6 Å². The van der Waals surface area contributed by atoms with Crippen molar-refractivity contribution in [1.82, 2.24) is 0 Å². The highest BCUT2D eigenvalue weighted by Crippen LogP contribution is 2.32. The van der Waals surface area contributed by atoms with Gasteiger partial charge in [0.2, 0.25) is 0 Å². The molecule has 1 heterocycles. The van der Waals surface area contributed by atoms with Crippen LogP contribution in [0.5, 0.6) is 0 Å². The van der Waals surface area contributed by atoms with Crippen molar-refractivity contribution in [3.63, 3.8) is 0 Å². The summed E-state index contributed by atoms with van der Waals surface area (Å²) in [5.41, 5.74) is 9.44. The standard InChI is InChI=1S/C16H14N2O2/c1-9-6-7-11(17)8-13(9)18-15(19)12-5-3-4-10(2)14(12)16(18)20/h3-8H,17H2,1-2H3. The molecule has 0 radical (unpaired) electrons. The van der Waals surface area contributed by atoms with E-state index >= 15 is 0 Å². The minimum atomic E-state index is -0.289. The molecule has 1 aliphatic rings. The van der Waals surface area contributed by atoms with E-state index in [0.717, 1.165) is 11.1 Å². The third-order valence-electron chi connectivity index (χ3n) is 3.60. The Hall–Kier alpha value is -2.62. The Morgan fingerprint density at radius 1 is 0.950 bits per heavy atom. The number of hydrogen-bond donors (Lipinski definition) is 1. The fraction of sp³-hybridized carbons (Fsp3) is 0.125. The SMILES string of the molecule is Cc1ccc(N)cc1N1C(=O)c2cccc(C)c2C1=O. The predicted molar refractivity (Wildman–Crippen MR) is 77.9 cm³/mol. The monoisotopic (exact) mass is 266 g/mol. The zero-order valence-corrected chi connectivity index (χ0v) is 11.3. The zero-order chi connectivity index (χ0) is 14.4. The molecule has 0 unspecified atom stereocenters. The van der Waals surface area contributed by atoms with Gasteiger partial charge in [0, 0.05) is 5.69 Å². The summed E-state index contributed by atoms with van der Waals surface area (Å²) >= 11 is 0. The van der Waals surface area contributed by atoms with Gasteiger partial charge in [0.25, 0.3) is 11.8 Å². The van der Waals surface area contributed by atoms with Crippen molar-refractivity contribution < 1.29 is 9.59 Å². The molecule has 20 heavy (non-hydrogen) atoms. The number of benzene rings is 2. The summed E-state index contributed by atoms with van der Waals surface area (Å²) < 4.78 is 0. The molecule has 1 aliphatic heterocycles. The Bertz CT molecular complexity index is 750. The topological polar surface area (TPSA) is 63.4 Å². The number of amides is 2. The average molecular weight is 266 g/mol. The largest absolute Gasteiger partial charge is 0.399 e. The fourth-order valence-corrected chi connectivity index (χ4v) is 2.54. The molecule has 0 saturated carbocycles. The first kappa shape index (κ1) is 12.4. The van der Waals surface area contributed by atoms with Crippen molar-refractivity contribution in [1.29, 1.82) is 0 Å². The van der Waals surface area contributed by atoms with E-state index in [9.17, 15) is 9.59 Å². The molecular formula is C16H14N2O2. The number of nitrogens with two attached hydrogens (primary N) is 1. The molecule has 2 amide bonds. The third-order valence-corrected chi connectivity index (χ3v) is 3.60. The molecule has 0 aliphatic carbocycles. The van der Waals surface area contributed by atoms with Crippen LogP contribution in [-0.2, 0) is 0 Å². The van der Waals surface area contributed by atoms with Crippen LogP contribution < -0.4 is 10.6 Å². The maximum atomic E-state index is 12.6. The highest BCUT2D eigenvalue weighted by Gasteiger charge is 2.38. The van der Waals surface area contributed by atoms with Crippen LogP contribution in [0, 0.1) is 13.8 Å². The number of aryl methyl sites for hydroxylation is 2. The molecule has 4 heteroatoms. The van der Waals surface area contributed by atoms with E-state index in [1.54, 1.807) is 30.3 Å². The molecule has 3 rings (SSSR count). The second-order valence-electron chi connectivity index (χ2n) is 4.99. The van der Waals surface area contributed by atoms with E-state index in [4.69, 9.17) is 5.73 Å². The molecule has 2 aromatic rings. The highest BCUT2D eigenvalue weighted by molar-refractivity contribution is 6.35. The summed E-state index contributed by atoms with van der Waals surface area (Å²) in [6.45, 7) is 3.69. The van der Waals surface area contributed by atoms with Crippen LogP contribution in [-0.4, -0.2) is 11.8 Å². The summed E-state index contributed by atoms with van der Waals surface area (Å²) in [6.07, 6.45) is 0. The van der Waals surface area contributed by atoms with Crippen molar-refractivity contribution in [2.24, 2.45) is 0 Å². The Labute approximate surface area is 116 Å². The van der Waals surface area contributed by atoms with Crippen LogP contribution >= 0.6 is 0 Å². The van der Waals surface area contributed by atoms with E-state index < -0.39 is 0 Å². The summed E-state index contributed by atoms with van der Waals surface area (Å²) in [6, 6.07) is 10.5. The fourth-order valence-electron chi connectivity index (χ4n) is 2.54. The first-order valence-electron chi connectivity index (χ1n) is 6.35. The van der Waals surface area contributed by atoms with E-state index in [1.807, 2.05) is 19.9 Å². The van der Waals surface area contributed by atoms with Gasteiger partial charge in [-0.25, -0.2) is 4.90 Å². The van der Waals surface area contributed by atoms with Crippen molar-refractivity contribution in [3.8, 4) is 0 Å². The van der Waals surface area contributed by atoms with Gasteiger partial charge in [0.15, 0.2) is 0 Å². The molecular weight excluding hydrogens is 252 g/mol. The lowest BCUT2D eigenvalue weighted by Gasteiger charge is -2.17. The van der Waals surface area contributed by atoms with Crippen LogP contribution in [0.25, 0.3) is 0 Å². The number of nitrogen functional groups attached to an aromatic ring is 1. The van der Waals surface area contributed by atoms with Gasteiger partial charge in [-0.1, -0.05) is 18.2 Å². The number of fused-ring (bicyclic) bond motifs is 1. The molecule has 0 bridgehead atoms. The minimum Gasteiger partial charge on any atom is -0.399 e. The molecule has 0 fully saturated rings. The summed E-state index contributed by atoms with van der Waals surface area (Å²) in [5.74, 6) is -0.570. The molecule has 0 aromatic heterocycles. The van der Waals surface area contributed by atoms with Gasteiger partial charge < -0.3 is 5.73 Å². The van der Waals surface area contributed by atoms with Gasteiger partial charge in [-0.15, -0.1) is 0 Å². The molecule has 2 N–H and O–H groups in total. The van der Waals surface area contributed by atoms with Gasteiger partial charge in [-0.05, 0) is 43.2 Å². The molecule has 0 saturated heterocycles. The van der Waals surface area contributed by atoms with Crippen LogP contribution in [0.15, 0.2) is 36.4 Å². The van der Waals surface area contributed by atoms with Crippen LogP contribution in [0.1, 0.15) is 31.8 Å². The number of hydrogen-bond acceptors (Lipinski definition) is 3. The number of nitrogens with zero attached hydrogens (tertiary/aromatic N) is 1. The maximum Gasteiger partial charge on any atom is 0.266 e. The van der Waals surface area contributed by atoms with Crippen molar-refractivity contribution >= 4 is 23.2 Å². The zero-order valence-electron chi connectivity index (χ0n) is 11.3. The lowest BCUT2D eigenvalue weighted by molar-refractivity contribution is 0.0926. The summed E-state index contributed by atoms with van der Waals surface area (Å²) in [4.78, 5) is 26.3. The molecule has 2 aromatic carbocycles. The molecule has 0 spiro atoms. The number of carbonyl (C=O) groups excluding carboxylic acids is 2. The Morgan fingerprint density at radius 2 is 1.70 bits per heavy atom. The molecule has 4 nitrogen and oxygen atoms in total. The first-order valence-corrected chi connectivity index (χ1v) is 6.35. The minimum absolute atomic E-state index is 0.281. The predicted octanol–water partition coefficient (Wildman–Crippen LogP) is 2.69. The lowest BCUT2D eigenvalue weighted by Crippen LogP contribution is -2.30. The number of rotatable bonds is 1. The van der Waals surface area contributed by atoms with Gasteiger partial charge in [-0.2, -0.15) is 0 Å². The van der Waals surface area contributed by atoms with E-state index in [-0.39, 0.29) is 11.8 Å². The lowest BCUT2D eigenvalue weighted by atomic mass is 10.0. The van der Waals surface area contributed by atoms with Gasteiger partial charge in [0.05, 0.1) is 16.8 Å². The second-order valence-corrected chi connectivity index (χ2v) is 4.99. The van der Waals surface area contributed by atoms with Gasteiger partial charge >= 0.3 is 0 Å². The van der Waals surface area contributed by atoms with Crippen LogP contribution in [0.3, 0.4) is 0 Å². The quantitative estimate of drug-likeness (QED) is 0.637. The summed E-state index contributed by atoms with van der Waals surface area (Å²) in [7, 11) is 0. The van der Waals surface area contributed by atoms with Gasteiger partial charge in [0.1, 0.15) is 0 Å². The van der Waals surface area contributed by atoms with Gasteiger partial charge in [-0.3, -0.25) is 9.59 Å². The Morgan fingerprint density at radius 3 is 2.40 bits per heavy atom. The van der Waals surface area contributed by atoms with Crippen molar-refractivity contribution in [2.45, 2.75) is 13.8 Å². The number of anilines is 2.